The van der Waals surface area contributed by atoms with Gasteiger partial charge >= 0.3 is 6.09 Å². The molecule has 0 aromatic heterocycles. The second-order valence-corrected chi connectivity index (χ2v) is 4.88. The Kier molecular flexibility index (Phi) is 8.78. The van der Waals surface area contributed by atoms with Gasteiger partial charge in [0.2, 0.25) is 5.91 Å². The van der Waals surface area contributed by atoms with Crippen molar-refractivity contribution in [2.75, 3.05) is 26.3 Å². The van der Waals surface area contributed by atoms with Crippen LogP contribution in [0, 0.1) is 0 Å². The SMILES string of the molecule is CCOC(=O)NCCC(=O)NCCCC1CCCCO1. The smallest absolute Gasteiger partial charge is 0.407 e. The molecular weight excluding hydrogens is 260 g/mol. The number of rotatable bonds is 8. The maximum absolute atomic E-state index is 11.5. The summed E-state index contributed by atoms with van der Waals surface area (Å²) < 4.78 is 10.3. The van der Waals surface area contributed by atoms with Crippen molar-refractivity contribution in [3.8, 4) is 0 Å². The molecule has 0 aliphatic carbocycles. The van der Waals surface area contributed by atoms with Crippen molar-refractivity contribution >= 4 is 12.0 Å². The minimum absolute atomic E-state index is 0.0497. The predicted octanol–water partition coefficient (Wildman–Crippen LogP) is 1.59. The normalized spacial score (nSPS) is 18.4. The van der Waals surface area contributed by atoms with Gasteiger partial charge in [0, 0.05) is 26.1 Å². The number of carbonyl (C=O) groups excluding carboxylic acids is 2. The molecule has 2 N–H and O–H groups in total. The van der Waals surface area contributed by atoms with Crippen LogP contribution < -0.4 is 10.6 Å². The summed E-state index contributed by atoms with van der Waals surface area (Å²) in [6.45, 7) is 3.91. The summed E-state index contributed by atoms with van der Waals surface area (Å²) in [6, 6.07) is 0. The molecule has 0 bridgehead atoms. The van der Waals surface area contributed by atoms with Gasteiger partial charge in [0.1, 0.15) is 0 Å². The molecule has 1 heterocycles. The van der Waals surface area contributed by atoms with Crippen LogP contribution >= 0.6 is 0 Å². The Balaban J connectivity index is 1.93. The zero-order valence-corrected chi connectivity index (χ0v) is 12.3. The molecule has 0 aromatic rings. The summed E-state index contributed by atoms with van der Waals surface area (Å²) in [5.74, 6) is -0.0497. The maximum atomic E-state index is 11.5. The summed E-state index contributed by atoms with van der Waals surface area (Å²) in [5, 5.41) is 5.36. The number of nitrogens with one attached hydrogen (secondary N) is 2. The van der Waals surface area contributed by atoms with Crippen molar-refractivity contribution in [1.82, 2.24) is 10.6 Å². The van der Waals surface area contributed by atoms with Gasteiger partial charge in [-0.15, -0.1) is 0 Å². The van der Waals surface area contributed by atoms with Crippen LogP contribution in [0.2, 0.25) is 0 Å². The van der Waals surface area contributed by atoms with Crippen molar-refractivity contribution in [2.24, 2.45) is 0 Å². The highest BCUT2D eigenvalue weighted by atomic mass is 16.5. The summed E-state index contributed by atoms with van der Waals surface area (Å²) in [4.78, 5) is 22.5. The van der Waals surface area contributed by atoms with Crippen LogP contribution in [0.4, 0.5) is 4.79 Å². The molecule has 1 aliphatic heterocycles. The van der Waals surface area contributed by atoms with E-state index in [9.17, 15) is 9.59 Å². The zero-order valence-electron chi connectivity index (χ0n) is 12.3. The number of hydrogen-bond acceptors (Lipinski definition) is 4. The van der Waals surface area contributed by atoms with Gasteiger partial charge in [0.05, 0.1) is 12.7 Å². The third-order valence-corrected chi connectivity index (χ3v) is 3.20. The van der Waals surface area contributed by atoms with Gasteiger partial charge in [-0.2, -0.15) is 0 Å². The van der Waals surface area contributed by atoms with Gasteiger partial charge in [-0.05, 0) is 39.0 Å². The van der Waals surface area contributed by atoms with Gasteiger partial charge in [-0.1, -0.05) is 0 Å². The standard InChI is InChI=1S/C14H26N2O4/c1-2-19-14(18)16-10-8-13(17)15-9-5-7-12-6-3-4-11-20-12/h12H,2-11H2,1H3,(H,15,17)(H,16,18). The topological polar surface area (TPSA) is 76.7 Å². The Labute approximate surface area is 120 Å². The highest BCUT2D eigenvalue weighted by molar-refractivity contribution is 5.76. The van der Waals surface area contributed by atoms with Gasteiger partial charge in [-0.25, -0.2) is 4.79 Å². The van der Waals surface area contributed by atoms with E-state index in [2.05, 4.69) is 10.6 Å². The van der Waals surface area contributed by atoms with E-state index in [1.165, 1.54) is 12.8 Å². The first-order valence-corrected chi connectivity index (χ1v) is 7.51. The van der Waals surface area contributed by atoms with Crippen molar-refractivity contribution < 1.29 is 19.1 Å². The van der Waals surface area contributed by atoms with E-state index in [1.807, 2.05) is 0 Å². The van der Waals surface area contributed by atoms with Crippen molar-refractivity contribution in [2.45, 2.75) is 51.6 Å². The second-order valence-electron chi connectivity index (χ2n) is 4.88. The fourth-order valence-corrected chi connectivity index (χ4v) is 2.14. The molecule has 6 heteroatoms. The molecule has 0 radical (unpaired) electrons. The van der Waals surface area contributed by atoms with Crippen LogP contribution in [0.5, 0.6) is 0 Å². The predicted molar refractivity (Wildman–Crippen MR) is 75.5 cm³/mol. The van der Waals surface area contributed by atoms with E-state index in [-0.39, 0.29) is 12.3 Å². The number of ether oxygens (including phenoxy) is 2. The Bertz CT molecular complexity index is 291. The first-order valence-electron chi connectivity index (χ1n) is 7.51. The van der Waals surface area contributed by atoms with Gasteiger partial charge in [-0.3, -0.25) is 4.79 Å². The van der Waals surface area contributed by atoms with E-state index < -0.39 is 6.09 Å². The van der Waals surface area contributed by atoms with E-state index in [4.69, 9.17) is 9.47 Å². The zero-order chi connectivity index (χ0) is 14.6. The lowest BCUT2D eigenvalue weighted by molar-refractivity contribution is -0.121. The summed E-state index contributed by atoms with van der Waals surface area (Å²) in [7, 11) is 0. The second kappa shape index (κ2) is 10.5. The molecule has 116 valence electrons. The quantitative estimate of drug-likeness (QED) is 0.664. The minimum Gasteiger partial charge on any atom is -0.450 e. The van der Waals surface area contributed by atoms with Crippen LogP contribution in [0.15, 0.2) is 0 Å². The van der Waals surface area contributed by atoms with E-state index in [1.54, 1.807) is 6.92 Å². The molecule has 20 heavy (non-hydrogen) atoms. The third-order valence-electron chi connectivity index (χ3n) is 3.20. The number of alkyl carbamates (subject to hydrolysis) is 1. The van der Waals surface area contributed by atoms with Gasteiger partial charge in [0.15, 0.2) is 0 Å². The largest absolute Gasteiger partial charge is 0.450 e. The molecule has 2 amide bonds. The molecule has 1 unspecified atom stereocenters. The molecule has 1 fully saturated rings. The van der Waals surface area contributed by atoms with Crippen LogP contribution in [-0.4, -0.2) is 44.4 Å². The van der Waals surface area contributed by atoms with Crippen LogP contribution in [0.1, 0.15) is 45.4 Å². The Morgan fingerprint density at radius 3 is 2.80 bits per heavy atom. The first-order chi connectivity index (χ1) is 9.72. The van der Waals surface area contributed by atoms with Crippen molar-refractivity contribution in [3.63, 3.8) is 0 Å². The fraction of sp³-hybridized carbons (Fsp3) is 0.857. The van der Waals surface area contributed by atoms with Crippen molar-refractivity contribution in [3.05, 3.63) is 0 Å². The maximum Gasteiger partial charge on any atom is 0.407 e. The van der Waals surface area contributed by atoms with Crippen LogP contribution in [0.3, 0.4) is 0 Å². The minimum atomic E-state index is -0.477. The molecule has 0 spiro atoms. The highest BCUT2D eigenvalue weighted by Crippen LogP contribution is 2.16. The summed E-state index contributed by atoms with van der Waals surface area (Å²) in [5.41, 5.74) is 0. The molecule has 0 aromatic carbocycles. The van der Waals surface area contributed by atoms with Crippen molar-refractivity contribution in [1.29, 1.82) is 0 Å². The average Bonchev–Trinajstić information content (AvgIpc) is 2.45. The van der Waals surface area contributed by atoms with Gasteiger partial charge in [0.25, 0.3) is 0 Å². The monoisotopic (exact) mass is 286 g/mol. The van der Waals surface area contributed by atoms with Crippen LogP contribution in [0.25, 0.3) is 0 Å². The van der Waals surface area contributed by atoms with E-state index in [0.29, 0.717) is 25.8 Å². The third kappa shape index (κ3) is 7.99. The highest BCUT2D eigenvalue weighted by Gasteiger charge is 2.13. The Morgan fingerprint density at radius 1 is 1.25 bits per heavy atom. The Morgan fingerprint density at radius 2 is 2.10 bits per heavy atom. The summed E-state index contributed by atoms with van der Waals surface area (Å²) >= 11 is 0. The van der Waals surface area contributed by atoms with Gasteiger partial charge < -0.3 is 20.1 Å². The molecule has 1 rings (SSSR count). The fourth-order valence-electron chi connectivity index (χ4n) is 2.14. The molecular formula is C14H26N2O4. The van der Waals surface area contributed by atoms with E-state index in [0.717, 1.165) is 25.9 Å². The molecule has 0 saturated carbocycles. The lowest BCUT2D eigenvalue weighted by atomic mass is 10.0. The van der Waals surface area contributed by atoms with Crippen LogP contribution in [-0.2, 0) is 14.3 Å². The molecule has 1 atom stereocenters. The molecule has 1 saturated heterocycles. The number of carbonyl (C=O) groups is 2. The lowest BCUT2D eigenvalue weighted by Gasteiger charge is -2.22. The lowest BCUT2D eigenvalue weighted by Crippen LogP contribution is -2.31. The average molecular weight is 286 g/mol. The molecule has 6 nitrogen and oxygen atoms in total. The Hall–Kier alpha value is -1.30. The number of hydrogen-bond donors (Lipinski definition) is 2. The summed E-state index contributed by atoms with van der Waals surface area (Å²) in [6.07, 6.45) is 5.65. The molecule has 1 aliphatic rings. The first kappa shape index (κ1) is 16.8. The number of amides is 2. The van der Waals surface area contributed by atoms with E-state index >= 15 is 0 Å².